The molecule has 2 aromatic rings. The van der Waals surface area contributed by atoms with Crippen LogP contribution in [0.5, 0.6) is 0 Å². The van der Waals surface area contributed by atoms with Gasteiger partial charge in [0.2, 0.25) is 0 Å². The van der Waals surface area contributed by atoms with Crippen molar-refractivity contribution < 1.29 is 0 Å². The van der Waals surface area contributed by atoms with Crippen LogP contribution in [0.1, 0.15) is 11.4 Å². The van der Waals surface area contributed by atoms with Crippen molar-refractivity contribution in [2.45, 2.75) is 13.1 Å². The molecule has 4 nitrogen and oxygen atoms in total. The summed E-state index contributed by atoms with van der Waals surface area (Å²) in [6, 6.07) is 8.23. The summed E-state index contributed by atoms with van der Waals surface area (Å²) in [5.74, 6) is 0. The molecule has 2 heterocycles. The van der Waals surface area contributed by atoms with E-state index in [1.54, 1.807) is 0 Å². The molecule has 0 radical (unpaired) electrons. The van der Waals surface area contributed by atoms with E-state index < -0.39 is 0 Å². The third-order valence-electron chi connectivity index (χ3n) is 2.56. The van der Waals surface area contributed by atoms with Crippen LogP contribution in [-0.2, 0) is 13.1 Å². The molecule has 4 heteroatoms. The highest BCUT2D eigenvalue weighted by atomic mass is 15.1. The largest absolute Gasteiger partial charge is 0.364 e. The minimum Gasteiger partial charge on any atom is -0.364 e. The van der Waals surface area contributed by atoms with Crippen molar-refractivity contribution in [1.82, 2.24) is 14.9 Å². The third-order valence-corrected chi connectivity index (χ3v) is 2.56. The van der Waals surface area contributed by atoms with Gasteiger partial charge in [-0.2, -0.15) is 0 Å². The van der Waals surface area contributed by atoms with Crippen molar-refractivity contribution >= 4 is 0 Å². The molecule has 0 aliphatic heterocycles. The smallest absolute Gasteiger partial charge is 0.0389 e. The van der Waals surface area contributed by atoms with E-state index in [0.29, 0.717) is 6.54 Å². The summed E-state index contributed by atoms with van der Waals surface area (Å²) in [5.41, 5.74) is 8.07. The van der Waals surface area contributed by atoms with Crippen LogP contribution in [0.15, 0.2) is 36.7 Å². The Kier molecular flexibility index (Phi) is 3.80. The number of hydrogen-bond donors (Lipinski definition) is 3. The van der Waals surface area contributed by atoms with Gasteiger partial charge in [-0.15, -0.1) is 0 Å². The maximum Gasteiger partial charge on any atom is 0.0389 e. The second kappa shape index (κ2) is 5.53. The maximum atomic E-state index is 5.63. The Labute approximate surface area is 95.5 Å². The molecule has 0 saturated heterocycles. The molecule has 0 spiro atoms. The van der Waals surface area contributed by atoms with Gasteiger partial charge in [-0.25, -0.2) is 0 Å². The van der Waals surface area contributed by atoms with E-state index in [-0.39, 0.29) is 0 Å². The standard InChI is InChI=1S/C12H18N4/c13-5-8-16(9-11-3-1-6-14-11)10-12-4-2-7-15-12/h1-4,6-7,14-15H,5,8-10,13H2. The van der Waals surface area contributed by atoms with Crippen molar-refractivity contribution in [3.63, 3.8) is 0 Å². The van der Waals surface area contributed by atoms with E-state index in [0.717, 1.165) is 19.6 Å². The van der Waals surface area contributed by atoms with Gasteiger partial charge in [0.25, 0.3) is 0 Å². The van der Waals surface area contributed by atoms with Crippen LogP contribution in [0.2, 0.25) is 0 Å². The average Bonchev–Trinajstić information content (AvgIpc) is 2.91. The topological polar surface area (TPSA) is 60.8 Å². The first-order valence-corrected chi connectivity index (χ1v) is 5.55. The van der Waals surface area contributed by atoms with Crippen LogP contribution >= 0.6 is 0 Å². The highest BCUT2D eigenvalue weighted by Gasteiger charge is 2.06. The van der Waals surface area contributed by atoms with Crippen molar-refractivity contribution in [2.75, 3.05) is 13.1 Å². The summed E-state index contributed by atoms with van der Waals surface area (Å²) < 4.78 is 0. The lowest BCUT2D eigenvalue weighted by Gasteiger charge is -2.20. The van der Waals surface area contributed by atoms with Gasteiger partial charge in [0, 0.05) is 50.0 Å². The zero-order valence-electron chi connectivity index (χ0n) is 9.32. The van der Waals surface area contributed by atoms with Gasteiger partial charge in [0.15, 0.2) is 0 Å². The van der Waals surface area contributed by atoms with Gasteiger partial charge in [0.05, 0.1) is 0 Å². The fraction of sp³-hybridized carbons (Fsp3) is 0.333. The van der Waals surface area contributed by atoms with Gasteiger partial charge < -0.3 is 15.7 Å². The number of nitrogens with two attached hydrogens (primary N) is 1. The average molecular weight is 218 g/mol. The molecule has 0 unspecified atom stereocenters. The molecular weight excluding hydrogens is 200 g/mol. The molecule has 0 aliphatic carbocycles. The molecule has 16 heavy (non-hydrogen) atoms. The summed E-state index contributed by atoms with van der Waals surface area (Å²) >= 11 is 0. The summed E-state index contributed by atoms with van der Waals surface area (Å²) in [6.07, 6.45) is 3.90. The first-order valence-electron chi connectivity index (χ1n) is 5.55. The molecule has 0 aliphatic rings. The van der Waals surface area contributed by atoms with E-state index in [1.165, 1.54) is 11.4 Å². The van der Waals surface area contributed by atoms with Gasteiger partial charge in [0.1, 0.15) is 0 Å². The van der Waals surface area contributed by atoms with Crippen molar-refractivity contribution in [2.24, 2.45) is 5.73 Å². The van der Waals surface area contributed by atoms with Gasteiger partial charge in [-0.3, -0.25) is 4.90 Å². The Morgan fingerprint density at radius 2 is 1.56 bits per heavy atom. The quantitative estimate of drug-likeness (QED) is 0.684. The van der Waals surface area contributed by atoms with Gasteiger partial charge in [-0.1, -0.05) is 0 Å². The molecular formula is C12H18N4. The highest BCUT2D eigenvalue weighted by Crippen LogP contribution is 2.06. The Bertz CT molecular complexity index is 341. The predicted molar refractivity (Wildman–Crippen MR) is 64.8 cm³/mol. The summed E-state index contributed by atoms with van der Waals surface area (Å²) in [5, 5.41) is 0. The SMILES string of the molecule is NCCN(Cc1ccc[nH]1)Cc1ccc[nH]1. The predicted octanol–water partition coefficient (Wildman–Crippen LogP) is 1.30. The number of rotatable bonds is 6. The lowest BCUT2D eigenvalue weighted by atomic mass is 10.3. The number of H-pyrrole nitrogens is 2. The molecule has 0 amide bonds. The van der Waals surface area contributed by atoms with E-state index in [9.17, 15) is 0 Å². The van der Waals surface area contributed by atoms with E-state index >= 15 is 0 Å². The van der Waals surface area contributed by atoms with Crippen LogP contribution in [-0.4, -0.2) is 28.0 Å². The minimum absolute atomic E-state index is 0.682. The molecule has 86 valence electrons. The molecule has 2 aromatic heterocycles. The molecule has 4 N–H and O–H groups in total. The second-order valence-corrected chi connectivity index (χ2v) is 3.89. The Morgan fingerprint density at radius 3 is 1.94 bits per heavy atom. The number of aromatic nitrogens is 2. The molecule has 0 aromatic carbocycles. The fourth-order valence-corrected chi connectivity index (χ4v) is 1.81. The maximum absolute atomic E-state index is 5.63. The monoisotopic (exact) mass is 218 g/mol. The van der Waals surface area contributed by atoms with E-state index in [4.69, 9.17) is 5.73 Å². The van der Waals surface area contributed by atoms with E-state index in [2.05, 4.69) is 27.0 Å². The number of nitrogens with zero attached hydrogens (tertiary/aromatic N) is 1. The summed E-state index contributed by atoms with van der Waals surface area (Å²) in [4.78, 5) is 8.74. The second-order valence-electron chi connectivity index (χ2n) is 3.89. The highest BCUT2D eigenvalue weighted by molar-refractivity contribution is 5.06. The molecule has 2 rings (SSSR count). The molecule has 0 bridgehead atoms. The zero-order valence-corrected chi connectivity index (χ0v) is 9.32. The Balaban J connectivity index is 1.94. The lowest BCUT2D eigenvalue weighted by Crippen LogP contribution is -2.29. The fourth-order valence-electron chi connectivity index (χ4n) is 1.81. The van der Waals surface area contributed by atoms with Gasteiger partial charge >= 0.3 is 0 Å². The Morgan fingerprint density at radius 1 is 1.00 bits per heavy atom. The molecule has 0 atom stereocenters. The summed E-state index contributed by atoms with van der Waals surface area (Å²) in [7, 11) is 0. The first kappa shape index (κ1) is 11.0. The van der Waals surface area contributed by atoms with Crippen LogP contribution in [0.4, 0.5) is 0 Å². The van der Waals surface area contributed by atoms with Crippen molar-refractivity contribution in [3.8, 4) is 0 Å². The van der Waals surface area contributed by atoms with Crippen molar-refractivity contribution in [3.05, 3.63) is 48.0 Å². The van der Waals surface area contributed by atoms with Crippen LogP contribution in [0.3, 0.4) is 0 Å². The molecule has 0 saturated carbocycles. The van der Waals surface area contributed by atoms with Crippen molar-refractivity contribution in [1.29, 1.82) is 0 Å². The van der Waals surface area contributed by atoms with Crippen LogP contribution in [0.25, 0.3) is 0 Å². The molecule has 0 fully saturated rings. The normalized spacial score (nSPS) is 11.1. The number of nitrogens with one attached hydrogen (secondary N) is 2. The van der Waals surface area contributed by atoms with Gasteiger partial charge in [-0.05, 0) is 24.3 Å². The lowest BCUT2D eigenvalue weighted by molar-refractivity contribution is 0.259. The number of hydrogen-bond acceptors (Lipinski definition) is 2. The zero-order chi connectivity index (χ0) is 11.2. The minimum atomic E-state index is 0.682. The Hall–Kier alpha value is -1.52. The van der Waals surface area contributed by atoms with Crippen LogP contribution in [0, 0.1) is 0 Å². The van der Waals surface area contributed by atoms with E-state index in [1.807, 2.05) is 24.5 Å². The summed E-state index contributed by atoms with van der Waals surface area (Å²) in [6.45, 7) is 3.39. The third kappa shape index (κ3) is 2.98. The van der Waals surface area contributed by atoms with Crippen LogP contribution < -0.4 is 5.73 Å². The number of aromatic amines is 2. The first-order chi connectivity index (χ1) is 7.88.